The molecule has 0 spiro atoms. The maximum atomic E-state index is 10.5. The Hall–Kier alpha value is -0.930. The third-order valence-electron chi connectivity index (χ3n) is 2.20. The number of allylic oxidation sites excluding steroid dienone is 2. The third-order valence-corrected chi connectivity index (χ3v) is 2.20. The molecule has 1 aliphatic heterocycles. The lowest BCUT2D eigenvalue weighted by Gasteiger charge is -2.10. The van der Waals surface area contributed by atoms with Crippen molar-refractivity contribution in [3.05, 3.63) is 23.8 Å². The normalized spacial score (nSPS) is 46.2. The van der Waals surface area contributed by atoms with E-state index in [1.807, 2.05) is 0 Å². The zero-order valence-corrected chi connectivity index (χ0v) is 6.07. The van der Waals surface area contributed by atoms with Crippen molar-refractivity contribution in [3.8, 4) is 0 Å². The number of hydrogen-bond donors (Lipinski definition) is 1. The van der Waals surface area contributed by atoms with Crippen molar-refractivity contribution in [2.24, 2.45) is 0 Å². The first-order valence-electron chi connectivity index (χ1n) is 3.40. The van der Waals surface area contributed by atoms with Gasteiger partial charge in [-0.2, -0.15) is 0 Å². The van der Waals surface area contributed by atoms with Crippen LogP contribution in [0.1, 0.15) is 6.92 Å². The van der Waals surface area contributed by atoms with Gasteiger partial charge >= 0.3 is 0 Å². The van der Waals surface area contributed by atoms with Gasteiger partial charge in [-0.1, -0.05) is 12.2 Å². The van der Waals surface area contributed by atoms with Gasteiger partial charge in [-0.3, -0.25) is 4.79 Å². The van der Waals surface area contributed by atoms with E-state index in [4.69, 9.17) is 4.74 Å². The van der Waals surface area contributed by atoms with Gasteiger partial charge < -0.3 is 9.84 Å². The number of carbonyl (C=O) groups excluding carboxylic acids is 1. The molecule has 1 saturated heterocycles. The van der Waals surface area contributed by atoms with Crippen molar-refractivity contribution in [1.29, 1.82) is 0 Å². The Morgan fingerprint density at radius 2 is 2.45 bits per heavy atom. The summed E-state index contributed by atoms with van der Waals surface area (Å²) >= 11 is 0. The van der Waals surface area contributed by atoms with Crippen molar-refractivity contribution < 1.29 is 14.6 Å². The molecule has 11 heavy (non-hydrogen) atoms. The van der Waals surface area contributed by atoms with E-state index < -0.39 is 11.4 Å². The lowest BCUT2D eigenvalue weighted by atomic mass is 9.93. The Morgan fingerprint density at radius 3 is 3.00 bits per heavy atom. The van der Waals surface area contributed by atoms with E-state index in [1.54, 1.807) is 25.2 Å². The van der Waals surface area contributed by atoms with Crippen molar-refractivity contribution in [1.82, 2.24) is 0 Å². The van der Waals surface area contributed by atoms with Crippen molar-refractivity contribution >= 4 is 6.29 Å². The monoisotopic (exact) mass is 152 g/mol. The third kappa shape index (κ3) is 0.575. The Morgan fingerprint density at radius 1 is 1.73 bits per heavy atom. The minimum absolute atomic E-state index is 0.625. The summed E-state index contributed by atoms with van der Waals surface area (Å²) in [6.45, 7) is 1.73. The predicted molar refractivity (Wildman–Crippen MR) is 37.7 cm³/mol. The van der Waals surface area contributed by atoms with Crippen molar-refractivity contribution in [2.45, 2.75) is 18.3 Å². The summed E-state index contributed by atoms with van der Waals surface area (Å²) in [5.74, 6) is -1.34. The zero-order chi connectivity index (χ0) is 8.11. The molecule has 0 bridgehead atoms. The van der Waals surface area contributed by atoms with Crippen LogP contribution in [0.5, 0.6) is 0 Å². The SMILES string of the molecule is CC1=CC=CC2(C=O)OC12O. The van der Waals surface area contributed by atoms with Crippen LogP contribution in [0, 0.1) is 0 Å². The molecule has 0 radical (unpaired) electrons. The fraction of sp³-hybridized carbons (Fsp3) is 0.375. The quantitative estimate of drug-likeness (QED) is 0.430. The molecule has 3 nitrogen and oxygen atoms in total. The highest BCUT2D eigenvalue weighted by atomic mass is 16.8. The molecule has 0 aromatic carbocycles. The van der Waals surface area contributed by atoms with Crippen LogP contribution in [0.25, 0.3) is 0 Å². The van der Waals surface area contributed by atoms with Crippen LogP contribution in [-0.4, -0.2) is 22.8 Å². The van der Waals surface area contributed by atoms with Crippen LogP contribution < -0.4 is 0 Å². The predicted octanol–water partition coefficient (Wildman–Crippen LogP) is 0.159. The van der Waals surface area contributed by atoms with Gasteiger partial charge in [-0.05, 0) is 18.6 Å². The smallest absolute Gasteiger partial charge is 0.230 e. The van der Waals surface area contributed by atoms with E-state index in [0.717, 1.165) is 0 Å². The van der Waals surface area contributed by atoms with Crippen LogP contribution >= 0.6 is 0 Å². The van der Waals surface area contributed by atoms with Gasteiger partial charge in [0.1, 0.15) is 0 Å². The molecule has 1 heterocycles. The minimum atomic E-state index is -1.34. The van der Waals surface area contributed by atoms with Gasteiger partial charge in [0.25, 0.3) is 0 Å². The second-order valence-electron chi connectivity index (χ2n) is 2.87. The summed E-state index contributed by atoms with van der Waals surface area (Å²) in [6.07, 6.45) is 5.63. The lowest BCUT2D eigenvalue weighted by Crippen LogP contribution is -2.28. The summed E-state index contributed by atoms with van der Waals surface area (Å²) in [6, 6.07) is 0. The molecule has 0 aromatic heterocycles. The fourth-order valence-electron chi connectivity index (χ4n) is 1.35. The Labute approximate surface area is 64.0 Å². The summed E-state index contributed by atoms with van der Waals surface area (Å²) in [5, 5.41) is 9.59. The molecule has 1 fully saturated rings. The standard InChI is InChI=1S/C8H8O3/c1-6-3-2-4-7(5-9)8(6,10)11-7/h2-5,10H,1H3. The molecule has 1 N–H and O–H groups in total. The number of carbonyl (C=O) groups is 1. The first-order valence-corrected chi connectivity index (χ1v) is 3.40. The van der Waals surface area contributed by atoms with E-state index >= 15 is 0 Å². The Balaban J connectivity index is 2.45. The Kier molecular flexibility index (Phi) is 0.998. The summed E-state index contributed by atoms with van der Waals surface area (Å²) in [4.78, 5) is 10.5. The summed E-state index contributed by atoms with van der Waals surface area (Å²) in [7, 11) is 0. The maximum Gasteiger partial charge on any atom is 0.230 e. The van der Waals surface area contributed by atoms with Gasteiger partial charge in [0, 0.05) is 0 Å². The number of aliphatic hydroxyl groups is 1. The molecule has 0 saturated carbocycles. The van der Waals surface area contributed by atoms with Crippen LogP contribution in [-0.2, 0) is 9.53 Å². The van der Waals surface area contributed by atoms with Gasteiger partial charge in [-0.25, -0.2) is 0 Å². The summed E-state index contributed by atoms with van der Waals surface area (Å²) in [5.41, 5.74) is -0.404. The van der Waals surface area contributed by atoms with E-state index in [-0.39, 0.29) is 0 Å². The number of hydrogen-bond acceptors (Lipinski definition) is 3. The fourth-order valence-corrected chi connectivity index (χ4v) is 1.35. The molecular weight excluding hydrogens is 144 g/mol. The van der Waals surface area contributed by atoms with E-state index in [0.29, 0.717) is 11.9 Å². The zero-order valence-electron chi connectivity index (χ0n) is 6.07. The number of ether oxygens (including phenoxy) is 1. The largest absolute Gasteiger partial charge is 0.359 e. The number of epoxide rings is 1. The molecule has 1 aliphatic carbocycles. The number of rotatable bonds is 1. The van der Waals surface area contributed by atoms with Crippen molar-refractivity contribution in [3.63, 3.8) is 0 Å². The molecule has 58 valence electrons. The molecular formula is C8H8O3. The molecule has 2 unspecified atom stereocenters. The molecule has 2 atom stereocenters. The topological polar surface area (TPSA) is 49.8 Å². The van der Waals surface area contributed by atoms with Crippen LogP contribution in [0.3, 0.4) is 0 Å². The molecule has 2 rings (SSSR count). The number of fused-ring (bicyclic) bond motifs is 1. The average molecular weight is 152 g/mol. The average Bonchev–Trinajstić information content (AvgIpc) is 2.60. The second kappa shape index (κ2) is 1.62. The van der Waals surface area contributed by atoms with Crippen molar-refractivity contribution in [2.75, 3.05) is 0 Å². The van der Waals surface area contributed by atoms with E-state index in [1.165, 1.54) is 0 Å². The highest BCUT2D eigenvalue weighted by Gasteiger charge is 2.70. The van der Waals surface area contributed by atoms with Crippen LogP contribution in [0.4, 0.5) is 0 Å². The lowest BCUT2D eigenvalue weighted by molar-refractivity contribution is -0.111. The molecule has 0 aromatic rings. The van der Waals surface area contributed by atoms with Crippen LogP contribution in [0.15, 0.2) is 23.8 Å². The molecule has 3 heteroatoms. The summed E-state index contributed by atoms with van der Waals surface area (Å²) < 4.78 is 4.95. The highest BCUT2D eigenvalue weighted by molar-refractivity contribution is 5.76. The van der Waals surface area contributed by atoms with Gasteiger partial charge in [0.15, 0.2) is 6.29 Å². The van der Waals surface area contributed by atoms with E-state index in [9.17, 15) is 9.90 Å². The Bertz CT molecular complexity index is 279. The van der Waals surface area contributed by atoms with Gasteiger partial charge in [0.05, 0.1) is 0 Å². The molecule has 2 aliphatic rings. The maximum absolute atomic E-state index is 10.5. The number of aldehydes is 1. The molecule has 0 amide bonds. The second-order valence-corrected chi connectivity index (χ2v) is 2.87. The van der Waals surface area contributed by atoms with Crippen LogP contribution in [0.2, 0.25) is 0 Å². The van der Waals surface area contributed by atoms with Gasteiger partial charge in [0.2, 0.25) is 11.4 Å². The highest BCUT2D eigenvalue weighted by Crippen LogP contribution is 2.52. The first-order chi connectivity index (χ1) is 5.15. The van der Waals surface area contributed by atoms with Gasteiger partial charge in [-0.15, -0.1) is 0 Å². The minimum Gasteiger partial charge on any atom is -0.359 e. The van der Waals surface area contributed by atoms with E-state index in [2.05, 4.69) is 0 Å². The first kappa shape index (κ1) is 6.76.